The van der Waals surface area contributed by atoms with Crippen LogP contribution in [0.3, 0.4) is 0 Å². The molecule has 0 bridgehead atoms. The first-order valence-electron chi connectivity index (χ1n) is 7.58. The molecule has 0 saturated carbocycles. The quantitative estimate of drug-likeness (QED) is 0.817. The van der Waals surface area contributed by atoms with Crippen LogP contribution in [0, 0.1) is 0 Å². The molecule has 0 fully saturated rings. The van der Waals surface area contributed by atoms with Gasteiger partial charge in [-0.2, -0.15) is 0 Å². The number of ether oxygens (including phenoxy) is 1. The largest absolute Gasteiger partial charge is 0.444 e. The molecule has 6 heteroatoms. The van der Waals surface area contributed by atoms with E-state index in [-0.39, 0.29) is 5.91 Å². The average Bonchev–Trinajstić information content (AvgIpc) is 2.49. The van der Waals surface area contributed by atoms with E-state index >= 15 is 0 Å². The predicted molar refractivity (Wildman–Crippen MR) is 87.7 cm³/mol. The maximum Gasteiger partial charge on any atom is 0.408 e. The van der Waals surface area contributed by atoms with Gasteiger partial charge in [-0.3, -0.25) is 9.63 Å². The molecule has 0 radical (unpaired) electrons. The van der Waals surface area contributed by atoms with Crippen molar-refractivity contribution in [3.63, 3.8) is 0 Å². The molecular weight excluding hydrogens is 296 g/mol. The Morgan fingerprint density at radius 1 is 1.22 bits per heavy atom. The first kappa shape index (κ1) is 19.0. The number of carbonyl (C=O) groups excluding carboxylic acids is 2. The van der Waals surface area contributed by atoms with Crippen LogP contribution in [-0.4, -0.2) is 42.9 Å². The molecular formula is C17H26N2O4. The number of amides is 2. The maximum atomic E-state index is 12.3. The highest BCUT2D eigenvalue weighted by Crippen LogP contribution is 2.10. The van der Waals surface area contributed by atoms with Gasteiger partial charge in [0.15, 0.2) is 0 Å². The smallest absolute Gasteiger partial charge is 0.408 e. The molecule has 0 aliphatic carbocycles. The van der Waals surface area contributed by atoms with Crippen molar-refractivity contribution in [2.75, 3.05) is 14.2 Å². The Labute approximate surface area is 137 Å². The number of aryl methyl sites for hydroxylation is 1. The second-order valence-corrected chi connectivity index (χ2v) is 6.24. The fourth-order valence-corrected chi connectivity index (χ4v) is 1.97. The lowest BCUT2D eigenvalue weighted by atomic mass is 10.0. The predicted octanol–water partition coefficient (Wildman–Crippen LogP) is 2.53. The van der Waals surface area contributed by atoms with Gasteiger partial charge in [0, 0.05) is 7.05 Å². The summed E-state index contributed by atoms with van der Waals surface area (Å²) in [6, 6.07) is 9.06. The summed E-state index contributed by atoms with van der Waals surface area (Å²) in [7, 11) is 2.91. The van der Waals surface area contributed by atoms with Crippen LogP contribution in [0.25, 0.3) is 0 Å². The number of nitrogens with one attached hydrogen (secondary N) is 1. The van der Waals surface area contributed by atoms with Crippen LogP contribution in [0.5, 0.6) is 0 Å². The summed E-state index contributed by atoms with van der Waals surface area (Å²) in [6.45, 7) is 5.32. The van der Waals surface area contributed by atoms with E-state index in [1.54, 1.807) is 20.8 Å². The fraction of sp³-hybridized carbons (Fsp3) is 0.529. The van der Waals surface area contributed by atoms with E-state index in [1.807, 2.05) is 30.3 Å². The van der Waals surface area contributed by atoms with E-state index in [1.165, 1.54) is 14.2 Å². The summed E-state index contributed by atoms with van der Waals surface area (Å²) in [5.74, 6) is -0.325. The van der Waals surface area contributed by atoms with E-state index in [0.717, 1.165) is 10.6 Å². The second-order valence-electron chi connectivity index (χ2n) is 6.24. The minimum atomic E-state index is -0.713. The molecule has 0 spiro atoms. The molecule has 0 saturated heterocycles. The van der Waals surface area contributed by atoms with Gasteiger partial charge in [-0.25, -0.2) is 9.86 Å². The van der Waals surface area contributed by atoms with Gasteiger partial charge in [0.05, 0.1) is 7.11 Å². The van der Waals surface area contributed by atoms with Crippen LogP contribution in [0.4, 0.5) is 4.79 Å². The van der Waals surface area contributed by atoms with Crippen LogP contribution < -0.4 is 5.32 Å². The number of benzene rings is 1. The normalized spacial score (nSPS) is 12.4. The zero-order chi connectivity index (χ0) is 17.5. The number of nitrogens with zero attached hydrogens (tertiary/aromatic N) is 1. The van der Waals surface area contributed by atoms with Crippen molar-refractivity contribution in [2.24, 2.45) is 0 Å². The number of hydroxylamine groups is 2. The highest BCUT2D eigenvalue weighted by Gasteiger charge is 2.26. The summed E-state index contributed by atoms with van der Waals surface area (Å²) in [5.41, 5.74) is 0.473. The van der Waals surface area contributed by atoms with Gasteiger partial charge < -0.3 is 10.1 Å². The molecule has 0 aliphatic rings. The molecule has 2 amide bonds. The minimum Gasteiger partial charge on any atom is -0.444 e. The minimum absolute atomic E-state index is 0.325. The molecule has 1 rings (SSSR count). The fourth-order valence-electron chi connectivity index (χ4n) is 1.97. The first-order valence-corrected chi connectivity index (χ1v) is 7.58. The lowest BCUT2D eigenvalue weighted by Gasteiger charge is -2.25. The standard InChI is InChI=1S/C17H26N2O4/c1-17(2,3)23-16(21)18-14(15(20)19(4)22-5)12-11-13-9-7-6-8-10-13/h6-10,14H,11-12H2,1-5H3,(H,18,21). The van der Waals surface area contributed by atoms with Crippen molar-refractivity contribution < 1.29 is 19.2 Å². The summed E-state index contributed by atoms with van der Waals surface area (Å²) >= 11 is 0. The Kier molecular flexibility index (Phi) is 7.03. The SMILES string of the molecule is CON(C)C(=O)C(CCc1ccccc1)NC(=O)OC(C)(C)C. The Balaban J connectivity index is 2.72. The Morgan fingerprint density at radius 3 is 2.35 bits per heavy atom. The third-order valence-corrected chi connectivity index (χ3v) is 3.14. The Hall–Kier alpha value is -2.08. The lowest BCUT2D eigenvalue weighted by molar-refractivity contribution is -0.171. The Morgan fingerprint density at radius 2 is 1.83 bits per heavy atom. The Bertz CT molecular complexity index is 511. The van der Waals surface area contributed by atoms with Gasteiger partial charge in [-0.15, -0.1) is 0 Å². The lowest BCUT2D eigenvalue weighted by Crippen LogP contribution is -2.48. The number of alkyl carbamates (subject to hydrolysis) is 1. The number of likely N-dealkylation sites (N-methyl/N-ethyl adjacent to an activating group) is 1. The van der Waals surface area contributed by atoms with Crippen molar-refractivity contribution in [3.05, 3.63) is 35.9 Å². The highest BCUT2D eigenvalue weighted by atomic mass is 16.7. The molecule has 0 aliphatic heterocycles. The van der Waals surface area contributed by atoms with Crippen molar-refractivity contribution in [1.82, 2.24) is 10.4 Å². The summed E-state index contributed by atoms with van der Waals surface area (Å²) in [4.78, 5) is 29.2. The van der Waals surface area contributed by atoms with Gasteiger partial charge in [-0.05, 0) is 39.2 Å². The van der Waals surface area contributed by atoms with Gasteiger partial charge in [-0.1, -0.05) is 30.3 Å². The van der Waals surface area contributed by atoms with Gasteiger partial charge in [0.2, 0.25) is 0 Å². The van der Waals surface area contributed by atoms with E-state index in [9.17, 15) is 9.59 Å². The van der Waals surface area contributed by atoms with E-state index in [2.05, 4.69) is 5.32 Å². The van der Waals surface area contributed by atoms with Gasteiger partial charge >= 0.3 is 6.09 Å². The molecule has 1 unspecified atom stereocenters. The van der Waals surface area contributed by atoms with Crippen LogP contribution in [-0.2, 0) is 20.8 Å². The molecule has 6 nitrogen and oxygen atoms in total. The second kappa shape index (κ2) is 8.53. The molecule has 128 valence electrons. The number of carbonyl (C=O) groups is 2. The molecule has 1 aromatic rings. The van der Waals surface area contributed by atoms with E-state index in [4.69, 9.17) is 9.57 Å². The monoisotopic (exact) mass is 322 g/mol. The van der Waals surface area contributed by atoms with E-state index in [0.29, 0.717) is 12.8 Å². The van der Waals surface area contributed by atoms with Gasteiger partial charge in [0.1, 0.15) is 11.6 Å². The molecule has 23 heavy (non-hydrogen) atoms. The van der Waals surface area contributed by atoms with Crippen LogP contribution in [0.15, 0.2) is 30.3 Å². The number of hydrogen-bond donors (Lipinski definition) is 1. The van der Waals surface area contributed by atoms with Crippen molar-refractivity contribution in [3.8, 4) is 0 Å². The van der Waals surface area contributed by atoms with Crippen molar-refractivity contribution in [2.45, 2.75) is 45.3 Å². The van der Waals surface area contributed by atoms with E-state index < -0.39 is 17.7 Å². The molecule has 0 heterocycles. The zero-order valence-electron chi connectivity index (χ0n) is 14.5. The average molecular weight is 322 g/mol. The number of rotatable bonds is 6. The molecule has 1 N–H and O–H groups in total. The summed E-state index contributed by atoms with van der Waals surface area (Å²) < 4.78 is 5.22. The third kappa shape index (κ3) is 7.15. The number of hydrogen-bond acceptors (Lipinski definition) is 4. The van der Waals surface area contributed by atoms with Crippen LogP contribution in [0.1, 0.15) is 32.8 Å². The third-order valence-electron chi connectivity index (χ3n) is 3.14. The highest BCUT2D eigenvalue weighted by molar-refractivity contribution is 5.84. The first-order chi connectivity index (χ1) is 10.7. The van der Waals surface area contributed by atoms with Crippen LogP contribution >= 0.6 is 0 Å². The zero-order valence-corrected chi connectivity index (χ0v) is 14.5. The molecule has 1 aromatic carbocycles. The van der Waals surface area contributed by atoms with Gasteiger partial charge in [0.25, 0.3) is 5.91 Å². The maximum absolute atomic E-state index is 12.3. The summed E-state index contributed by atoms with van der Waals surface area (Å²) in [6.07, 6.45) is 0.494. The molecule has 1 atom stereocenters. The van der Waals surface area contributed by atoms with Crippen molar-refractivity contribution >= 4 is 12.0 Å². The molecule has 0 aromatic heterocycles. The van der Waals surface area contributed by atoms with Crippen LogP contribution in [0.2, 0.25) is 0 Å². The topological polar surface area (TPSA) is 67.9 Å². The van der Waals surface area contributed by atoms with Crippen molar-refractivity contribution in [1.29, 1.82) is 0 Å². The summed E-state index contributed by atoms with van der Waals surface area (Å²) in [5, 5.41) is 3.73.